The first-order valence-corrected chi connectivity index (χ1v) is 26.7. The van der Waals surface area contributed by atoms with Crippen LogP contribution in [0.15, 0.2) is 0 Å². The molecule has 150 valence electrons. The molecule has 1 aliphatic rings. The second-order valence-electron chi connectivity index (χ2n) is 4.95. The molecule has 1 aliphatic heterocycles. The van der Waals surface area contributed by atoms with Crippen LogP contribution >= 0.6 is 111 Å². The normalized spacial score (nSPS) is 21.0. The van der Waals surface area contributed by atoms with Gasteiger partial charge >= 0.3 is 207 Å². The van der Waals surface area contributed by atoms with Crippen LogP contribution in [0.3, 0.4) is 0 Å². The van der Waals surface area contributed by atoms with E-state index in [1.807, 2.05) is 11.8 Å². The molecule has 1 heterocycles. The average molecular weight is 640 g/mol. The minimum atomic E-state index is -1.18. The minimum absolute atomic E-state index is 0.711. The maximum atomic E-state index is 4.53. The molecule has 25 heavy (non-hydrogen) atoms. The van der Waals surface area contributed by atoms with Gasteiger partial charge in [0.2, 0.25) is 0 Å². The molecule has 0 N–H and O–H groups in total. The number of hydrogen-bond donors (Lipinski definition) is 3. The van der Waals surface area contributed by atoms with Crippen LogP contribution in [-0.2, 0) is 0 Å². The summed E-state index contributed by atoms with van der Waals surface area (Å²) in [6.07, 6.45) is 0. The van der Waals surface area contributed by atoms with Crippen molar-refractivity contribution in [2.24, 2.45) is 0 Å². The fraction of sp³-hybridized carbons (Fsp3) is 1.00. The van der Waals surface area contributed by atoms with E-state index in [2.05, 4.69) is 99.7 Å². The molecule has 1 fully saturated rings. The van der Waals surface area contributed by atoms with Gasteiger partial charge in [-0.05, 0) is 0 Å². The van der Waals surface area contributed by atoms with E-state index in [0.29, 0.717) is 5.25 Å². The van der Waals surface area contributed by atoms with Crippen LogP contribution in [-0.4, -0.2) is 95.5 Å². The fourth-order valence-electron chi connectivity index (χ4n) is 1.77. The summed E-state index contributed by atoms with van der Waals surface area (Å²) in [5.41, 5.74) is 0. The van der Waals surface area contributed by atoms with Gasteiger partial charge in [-0.3, -0.25) is 0 Å². The third-order valence-corrected chi connectivity index (χ3v) is 35.1. The van der Waals surface area contributed by atoms with Crippen LogP contribution in [0.5, 0.6) is 0 Å². The summed E-state index contributed by atoms with van der Waals surface area (Å²) >= 11 is 20.4. The Bertz CT molecular complexity index is 299. The summed E-state index contributed by atoms with van der Waals surface area (Å²) in [6, 6.07) is 0. The first-order valence-electron chi connectivity index (χ1n) is 8.20. The Morgan fingerprint density at radius 3 is 2.52 bits per heavy atom. The molecule has 0 radical (unpaired) electrons. The van der Waals surface area contributed by atoms with Gasteiger partial charge in [0.1, 0.15) is 0 Å². The molecule has 1 saturated heterocycles. The van der Waals surface area contributed by atoms with Gasteiger partial charge in [0.05, 0.1) is 0 Å². The number of thioether (sulfide) groups is 4. The molecule has 1 rings (SSSR count). The van der Waals surface area contributed by atoms with Crippen LogP contribution in [0.1, 0.15) is 0 Å². The van der Waals surface area contributed by atoms with Crippen molar-refractivity contribution in [2.45, 2.75) is 10.5 Å². The van der Waals surface area contributed by atoms with Crippen LogP contribution in [0.2, 0.25) is 0 Å². The van der Waals surface area contributed by atoms with Gasteiger partial charge in [-0.15, -0.1) is 0 Å². The van der Waals surface area contributed by atoms with E-state index in [1.54, 1.807) is 0 Å². The molecule has 0 aromatic heterocycles. The van der Waals surface area contributed by atoms with Gasteiger partial charge < -0.3 is 0 Å². The molecule has 0 amide bonds. The summed E-state index contributed by atoms with van der Waals surface area (Å²) in [6.45, 7) is 0. The van der Waals surface area contributed by atoms with Crippen LogP contribution < -0.4 is 0 Å². The predicted octanol–water partition coefficient (Wildman–Crippen LogP) is 5.64. The van der Waals surface area contributed by atoms with Crippen molar-refractivity contribution in [3.8, 4) is 0 Å². The van der Waals surface area contributed by atoms with Crippen molar-refractivity contribution in [3.63, 3.8) is 0 Å². The molecule has 2 unspecified atom stereocenters. The van der Waals surface area contributed by atoms with E-state index >= 15 is 0 Å². The number of thiol groups is 3. The maximum absolute atomic E-state index is 4.53. The van der Waals surface area contributed by atoms with E-state index in [4.69, 9.17) is 0 Å². The Morgan fingerprint density at radius 1 is 0.960 bits per heavy atom. The molecule has 0 nitrogen and oxygen atoms in total. The van der Waals surface area contributed by atoms with Crippen molar-refractivity contribution in [3.05, 3.63) is 0 Å². The van der Waals surface area contributed by atoms with E-state index in [-0.39, 0.29) is 0 Å². The Kier molecular flexibility index (Phi) is 22.1. The monoisotopic (exact) mass is 638 g/mol. The zero-order valence-electron chi connectivity index (χ0n) is 14.3. The summed E-state index contributed by atoms with van der Waals surface area (Å²) in [7, 11) is 7.05. The van der Waals surface area contributed by atoms with Gasteiger partial charge in [0.25, 0.3) is 0 Å². The molecule has 0 bridgehead atoms. The molecule has 0 aromatic rings. The van der Waals surface area contributed by atoms with Gasteiger partial charge in [0.15, 0.2) is 0 Å². The van der Waals surface area contributed by atoms with E-state index in [9.17, 15) is 0 Å². The molecule has 11 heteroatoms. The third kappa shape index (κ3) is 15.7. The molecular formula is C14H29S10Sb. The van der Waals surface area contributed by atoms with Crippen molar-refractivity contribution in [1.82, 2.24) is 0 Å². The number of rotatable bonds is 14. The average Bonchev–Trinajstić information content (AvgIpc) is 2.61. The molecule has 0 aromatic carbocycles. The summed E-state index contributed by atoms with van der Waals surface area (Å²) in [5, 5.41) is 1.58. The summed E-state index contributed by atoms with van der Waals surface area (Å²) < 4.78 is 0. The van der Waals surface area contributed by atoms with Gasteiger partial charge in [-0.25, -0.2) is 0 Å². The van der Waals surface area contributed by atoms with Crippen molar-refractivity contribution in [2.75, 3.05) is 69.0 Å². The summed E-state index contributed by atoms with van der Waals surface area (Å²) in [5.74, 6) is 14.7. The van der Waals surface area contributed by atoms with Crippen LogP contribution in [0.25, 0.3) is 0 Å². The van der Waals surface area contributed by atoms with E-state index < -0.39 is 16.0 Å². The molecule has 0 saturated carbocycles. The molecule has 2 atom stereocenters. The second kappa shape index (κ2) is 20.2. The molecule has 0 spiro atoms. The molecular weight excluding hydrogens is 611 g/mol. The quantitative estimate of drug-likeness (QED) is 0.126. The first kappa shape index (κ1) is 27.4. The van der Waals surface area contributed by atoms with Crippen molar-refractivity contribution < 1.29 is 0 Å². The van der Waals surface area contributed by atoms with E-state index in [1.165, 1.54) is 51.8 Å². The van der Waals surface area contributed by atoms with Crippen molar-refractivity contribution in [1.29, 1.82) is 0 Å². The number of hydrogen-bond acceptors (Lipinski definition) is 10. The van der Waals surface area contributed by atoms with Gasteiger partial charge in [-0.1, -0.05) is 0 Å². The second-order valence-corrected chi connectivity index (χ2v) is 33.2. The molecule has 0 aliphatic carbocycles. The Labute approximate surface area is 204 Å². The van der Waals surface area contributed by atoms with Crippen LogP contribution in [0.4, 0.5) is 0 Å². The predicted molar refractivity (Wildman–Crippen MR) is 152 cm³/mol. The van der Waals surface area contributed by atoms with Gasteiger partial charge in [0, 0.05) is 0 Å². The first-order chi connectivity index (χ1) is 12.3. The van der Waals surface area contributed by atoms with Crippen molar-refractivity contribution >= 4 is 127 Å². The zero-order chi connectivity index (χ0) is 18.2. The Morgan fingerprint density at radius 2 is 1.76 bits per heavy atom. The standard InChI is InChI=1S/2C7H16S5.Sb/c2*8-1-3-11-6-7(5-10)12-4-2-9;/h2*7-10H,1-6H2;/q;;+3/p-3. The Balaban J connectivity index is 2.14. The Hall–Kier alpha value is 4.32. The summed E-state index contributed by atoms with van der Waals surface area (Å²) in [4.78, 5) is 0. The van der Waals surface area contributed by atoms with Crippen LogP contribution in [0, 0.1) is 0 Å². The topological polar surface area (TPSA) is 0 Å². The SMILES string of the molecule is SCCSCC(CS)SCC[S][Sb]1[S]CCSC(CSCCS)C[S]1. The third-order valence-electron chi connectivity index (χ3n) is 2.92. The van der Waals surface area contributed by atoms with E-state index in [0.717, 1.165) is 22.5 Å². The fourth-order valence-corrected chi connectivity index (χ4v) is 34.4. The zero-order valence-corrected chi connectivity index (χ0v) is 25.2. The van der Waals surface area contributed by atoms with Gasteiger partial charge in [-0.2, -0.15) is 0 Å².